The predicted octanol–water partition coefficient (Wildman–Crippen LogP) is 4.03. The molecular weight excluding hydrogens is 474 g/mol. The van der Waals surface area contributed by atoms with E-state index in [1.54, 1.807) is 24.5 Å². The molecule has 34 heavy (non-hydrogen) atoms. The van der Waals surface area contributed by atoms with Gasteiger partial charge in [-0.2, -0.15) is 0 Å². The summed E-state index contributed by atoms with van der Waals surface area (Å²) in [6.07, 6.45) is 3.15. The molecule has 172 valence electrons. The Balaban J connectivity index is 1.26. The lowest BCUT2D eigenvalue weighted by molar-refractivity contribution is -0.119. The molecule has 4 aromatic rings. The van der Waals surface area contributed by atoms with E-state index in [4.69, 9.17) is 21.1 Å². The quantitative estimate of drug-likeness (QED) is 0.388. The molecule has 1 aliphatic heterocycles. The number of rotatable bonds is 7. The highest BCUT2D eigenvalue weighted by Gasteiger charge is 2.22. The van der Waals surface area contributed by atoms with Crippen molar-refractivity contribution in [3.05, 3.63) is 78.1 Å². The summed E-state index contributed by atoms with van der Waals surface area (Å²) in [5.41, 5.74) is 1.71. The van der Waals surface area contributed by atoms with Crippen LogP contribution < -0.4 is 14.8 Å². The number of benzene rings is 2. The van der Waals surface area contributed by atoms with Crippen molar-refractivity contribution in [2.75, 3.05) is 18.9 Å². The van der Waals surface area contributed by atoms with Gasteiger partial charge in [0.15, 0.2) is 22.5 Å². The van der Waals surface area contributed by atoms with Gasteiger partial charge in [0.05, 0.1) is 12.3 Å². The van der Waals surface area contributed by atoms with Crippen LogP contribution in [0.5, 0.6) is 11.5 Å². The molecule has 1 atom stereocenters. The lowest BCUT2D eigenvalue weighted by Crippen LogP contribution is -2.41. The molecule has 0 spiro atoms. The third kappa shape index (κ3) is 5.00. The van der Waals surface area contributed by atoms with Crippen LogP contribution >= 0.6 is 23.4 Å². The summed E-state index contributed by atoms with van der Waals surface area (Å²) in [5.74, 6) is 2.09. The van der Waals surface area contributed by atoms with Crippen molar-refractivity contribution in [3.63, 3.8) is 0 Å². The van der Waals surface area contributed by atoms with Crippen LogP contribution in [-0.2, 0) is 4.79 Å². The molecule has 0 aliphatic carbocycles. The molecule has 1 aliphatic rings. The van der Waals surface area contributed by atoms with Gasteiger partial charge in [0.2, 0.25) is 5.91 Å². The number of para-hydroxylation sites is 2. The van der Waals surface area contributed by atoms with Crippen LogP contribution in [0, 0.1) is 0 Å². The number of nitrogens with zero attached hydrogens (tertiary/aromatic N) is 4. The van der Waals surface area contributed by atoms with Crippen LogP contribution in [0.4, 0.5) is 0 Å². The van der Waals surface area contributed by atoms with Gasteiger partial charge in [0.25, 0.3) is 0 Å². The first-order valence-electron chi connectivity index (χ1n) is 10.6. The molecule has 0 fully saturated rings. The second-order valence-corrected chi connectivity index (χ2v) is 8.82. The number of pyridine rings is 1. The first kappa shape index (κ1) is 22.2. The number of thioether (sulfide) groups is 1. The summed E-state index contributed by atoms with van der Waals surface area (Å²) in [7, 11) is 0. The fourth-order valence-electron chi connectivity index (χ4n) is 3.45. The Morgan fingerprint density at radius 2 is 1.82 bits per heavy atom. The molecule has 1 unspecified atom stereocenters. The molecule has 2 aromatic carbocycles. The van der Waals surface area contributed by atoms with Crippen molar-refractivity contribution >= 4 is 29.3 Å². The van der Waals surface area contributed by atoms with Gasteiger partial charge in [-0.3, -0.25) is 14.3 Å². The van der Waals surface area contributed by atoms with Crippen LogP contribution in [0.25, 0.3) is 17.1 Å². The van der Waals surface area contributed by atoms with Gasteiger partial charge in [-0.25, -0.2) is 0 Å². The summed E-state index contributed by atoms with van der Waals surface area (Å²) in [5, 5.41) is 12.8. The molecule has 5 rings (SSSR count). The van der Waals surface area contributed by atoms with Crippen molar-refractivity contribution in [1.29, 1.82) is 0 Å². The van der Waals surface area contributed by atoms with E-state index in [0.29, 0.717) is 40.7 Å². The fourth-order valence-corrected chi connectivity index (χ4v) is 4.35. The normalized spacial score (nSPS) is 14.6. The zero-order valence-electron chi connectivity index (χ0n) is 17.9. The van der Waals surface area contributed by atoms with E-state index >= 15 is 0 Å². The van der Waals surface area contributed by atoms with Gasteiger partial charge in [-0.05, 0) is 48.5 Å². The molecule has 3 heterocycles. The van der Waals surface area contributed by atoms with E-state index in [0.717, 1.165) is 11.3 Å². The number of amides is 1. The van der Waals surface area contributed by atoms with E-state index in [1.165, 1.54) is 11.8 Å². The molecule has 1 N–H and O–H groups in total. The Bertz CT molecular complexity index is 1280. The van der Waals surface area contributed by atoms with Gasteiger partial charge < -0.3 is 14.8 Å². The third-order valence-corrected chi connectivity index (χ3v) is 6.26. The van der Waals surface area contributed by atoms with Crippen molar-refractivity contribution < 1.29 is 14.3 Å². The highest BCUT2D eigenvalue weighted by Crippen LogP contribution is 2.31. The minimum Gasteiger partial charge on any atom is -0.486 e. The van der Waals surface area contributed by atoms with Gasteiger partial charge in [0, 0.05) is 28.7 Å². The molecule has 2 aromatic heterocycles. The highest BCUT2D eigenvalue weighted by molar-refractivity contribution is 7.99. The zero-order chi connectivity index (χ0) is 23.3. The first-order valence-corrected chi connectivity index (χ1v) is 11.9. The Hall–Kier alpha value is -3.56. The largest absolute Gasteiger partial charge is 0.486 e. The van der Waals surface area contributed by atoms with Crippen molar-refractivity contribution in [3.8, 4) is 28.6 Å². The van der Waals surface area contributed by atoms with E-state index in [9.17, 15) is 4.79 Å². The van der Waals surface area contributed by atoms with Crippen LogP contribution in [-0.4, -0.2) is 50.7 Å². The maximum atomic E-state index is 12.6. The average Bonchev–Trinajstić information content (AvgIpc) is 3.31. The van der Waals surface area contributed by atoms with E-state index in [-0.39, 0.29) is 17.8 Å². The summed E-state index contributed by atoms with van der Waals surface area (Å²) < 4.78 is 13.5. The number of hydrogen-bond acceptors (Lipinski definition) is 7. The maximum Gasteiger partial charge on any atom is 0.230 e. The van der Waals surface area contributed by atoms with E-state index in [1.807, 2.05) is 53.1 Å². The first-order chi connectivity index (χ1) is 16.7. The maximum absolute atomic E-state index is 12.6. The Morgan fingerprint density at radius 3 is 2.62 bits per heavy atom. The standard InChI is InChI=1S/C24H20ClN5O3S/c25-17-5-7-18(8-6-17)30-23(16-9-11-26-12-10-16)28-29-24(30)34-15-22(31)27-13-19-14-32-20-3-1-2-4-21(20)33-19/h1-12,19H,13-15H2,(H,27,31). The zero-order valence-corrected chi connectivity index (χ0v) is 19.5. The Kier molecular flexibility index (Phi) is 6.64. The highest BCUT2D eigenvalue weighted by atomic mass is 35.5. The number of halogens is 1. The average molecular weight is 494 g/mol. The number of carbonyl (C=O) groups excluding carboxylic acids is 1. The topological polar surface area (TPSA) is 91.2 Å². The predicted molar refractivity (Wildman–Crippen MR) is 130 cm³/mol. The minimum atomic E-state index is -0.250. The van der Waals surface area contributed by atoms with Gasteiger partial charge >= 0.3 is 0 Å². The van der Waals surface area contributed by atoms with E-state index < -0.39 is 0 Å². The lowest BCUT2D eigenvalue weighted by atomic mass is 10.2. The smallest absolute Gasteiger partial charge is 0.230 e. The SMILES string of the molecule is O=C(CSc1nnc(-c2ccncc2)n1-c1ccc(Cl)cc1)NCC1COc2ccccc2O1. The van der Waals surface area contributed by atoms with E-state index in [2.05, 4.69) is 20.5 Å². The Morgan fingerprint density at radius 1 is 1.06 bits per heavy atom. The van der Waals surface area contributed by atoms with Crippen LogP contribution in [0.3, 0.4) is 0 Å². The van der Waals surface area contributed by atoms with Gasteiger partial charge in [-0.1, -0.05) is 35.5 Å². The molecule has 0 saturated heterocycles. The molecule has 1 amide bonds. The molecule has 8 nitrogen and oxygen atoms in total. The monoisotopic (exact) mass is 493 g/mol. The summed E-state index contributed by atoms with van der Waals surface area (Å²) >= 11 is 7.37. The summed E-state index contributed by atoms with van der Waals surface area (Å²) in [4.78, 5) is 16.6. The number of carbonyl (C=O) groups is 1. The van der Waals surface area contributed by atoms with Crippen molar-refractivity contribution in [2.24, 2.45) is 0 Å². The van der Waals surface area contributed by atoms with Crippen LogP contribution in [0.2, 0.25) is 5.02 Å². The van der Waals surface area contributed by atoms with Gasteiger partial charge in [0.1, 0.15) is 12.7 Å². The number of ether oxygens (including phenoxy) is 2. The summed E-state index contributed by atoms with van der Waals surface area (Å²) in [6, 6.07) is 18.6. The number of fused-ring (bicyclic) bond motifs is 1. The summed E-state index contributed by atoms with van der Waals surface area (Å²) in [6.45, 7) is 0.727. The molecule has 0 bridgehead atoms. The molecule has 0 saturated carbocycles. The third-order valence-electron chi connectivity index (χ3n) is 5.08. The molecular formula is C24H20ClN5O3S. The Labute approximate surface area is 205 Å². The molecule has 0 radical (unpaired) electrons. The van der Waals surface area contributed by atoms with Crippen LogP contribution in [0.1, 0.15) is 0 Å². The number of aromatic nitrogens is 4. The van der Waals surface area contributed by atoms with Crippen LogP contribution in [0.15, 0.2) is 78.2 Å². The van der Waals surface area contributed by atoms with Crippen molar-refractivity contribution in [1.82, 2.24) is 25.1 Å². The number of nitrogens with one attached hydrogen (secondary N) is 1. The second-order valence-electron chi connectivity index (χ2n) is 7.44. The molecule has 10 heteroatoms. The lowest BCUT2D eigenvalue weighted by Gasteiger charge is -2.26. The minimum absolute atomic E-state index is 0.136. The number of hydrogen-bond donors (Lipinski definition) is 1. The second kappa shape index (κ2) is 10.1. The fraction of sp³-hybridized carbons (Fsp3) is 0.167. The van der Waals surface area contributed by atoms with Crippen molar-refractivity contribution in [2.45, 2.75) is 11.3 Å². The van der Waals surface area contributed by atoms with Gasteiger partial charge in [-0.15, -0.1) is 10.2 Å².